The van der Waals surface area contributed by atoms with Crippen molar-refractivity contribution in [2.24, 2.45) is 7.05 Å². The standard InChI is InChI=1S/C23H28N4O/c1-5-18-8-6-7-11-27(18)23(28)20-12-21(17-13-24-26(4)14-17)25-22-16(3)15(2)9-10-19(20)22/h9-10,12-14,18H,5-8,11H2,1-4H3/t18-/m0/s1. The molecule has 0 bridgehead atoms. The molecule has 2 aromatic heterocycles. The second kappa shape index (κ2) is 7.38. The van der Waals surface area contributed by atoms with E-state index in [1.165, 1.54) is 12.0 Å². The summed E-state index contributed by atoms with van der Waals surface area (Å²) in [6.07, 6.45) is 8.14. The van der Waals surface area contributed by atoms with Crippen LogP contribution >= 0.6 is 0 Å². The van der Waals surface area contributed by atoms with E-state index in [0.717, 1.165) is 59.1 Å². The van der Waals surface area contributed by atoms with E-state index >= 15 is 0 Å². The largest absolute Gasteiger partial charge is 0.336 e. The lowest BCUT2D eigenvalue weighted by atomic mass is 9.96. The molecule has 0 spiro atoms. The molecule has 28 heavy (non-hydrogen) atoms. The molecule has 1 saturated heterocycles. The molecule has 0 saturated carbocycles. The zero-order valence-corrected chi connectivity index (χ0v) is 17.2. The van der Waals surface area contributed by atoms with Crippen molar-refractivity contribution >= 4 is 16.8 Å². The van der Waals surface area contributed by atoms with Crippen LogP contribution in [0.25, 0.3) is 22.2 Å². The molecular formula is C23H28N4O. The minimum absolute atomic E-state index is 0.132. The molecule has 146 valence electrons. The highest BCUT2D eigenvalue weighted by Gasteiger charge is 2.28. The van der Waals surface area contributed by atoms with Gasteiger partial charge in [-0.25, -0.2) is 4.98 Å². The first-order chi connectivity index (χ1) is 13.5. The van der Waals surface area contributed by atoms with E-state index in [1.54, 1.807) is 4.68 Å². The van der Waals surface area contributed by atoms with E-state index in [9.17, 15) is 4.79 Å². The molecule has 1 fully saturated rings. The van der Waals surface area contributed by atoms with Crippen molar-refractivity contribution in [1.82, 2.24) is 19.7 Å². The lowest BCUT2D eigenvalue weighted by molar-refractivity contribution is 0.0610. The van der Waals surface area contributed by atoms with E-state index in [-0.39, 0.29) is 5.91 Å². The van der Waals surface area contributed by atoms with Crippen molar-refractivity contribution in [2.75, 3.05) is 6.54 Å². The van der Waals surface area contributed by atoms with Gasteiger partial charge in [0.25, 0.3) is 5.91 Å². The number of aromatic nitrogens is 3. The fourth-order valence-corrected chi connectivity index (χ4v) is 4.26. The van der Waals surface area contributed by atoms with Crippen LogP contribution in [-0.2, 0) is 7.05 Å². The van der Waals surface area contributed by atoms with Crippen LogP contribution in [0.5, 0.6) is 0 Å². The minimum atomic E-state index is 0.132. The first kappa shape index (κ1) is 18.7. The molecule has 1 atom stereocenters. The number of rotatable bonds is 3. The quantitative estimate of drug-likeness (QED) is 0.668. The third-order valence-electron chi connectivity index (χ3n) is 6.10. The summed E-state index contributed by atoms with van der Waals surface area (Å²) in [5.41, 5.74) is 5.73. The lowest BCUT2D eigenvalue weighted by Gasteiger charge is -2.35. The maximum Gasteiger partial charge on any atom is 0.254 e. The minimum Gasteiger partial charge on any atom is -0.336 e. The Balaban J connectivity index is 1.90. The second-order valence-electron chi connectivity index (χ2n) is 7.92. The van der Waals surface area contributed by atoms with E-state index in [0.29, 0.717) is 6.04 Å². The predicted molar refractivity (Wildman–Crippen MR) is 112 cm³/mol. The van der Waals surface area contributed by atoms with Crippen molar-refractivity contribution in [2.45, 2.75) is 52.5 Å². The Bertz CT molecular complexity index is 1040. The topological polar surface area (TPSA) is 51.0 Å². The first-order valence-electron chi connectivity index (χ1n) is 10.2. The molecule has 3 heterocycles. The summed E-state index contributed by atoms with van der Waals surface area (Å²) < 4.78 is 1.77. The third kappa shape index (κ3) is 3.19. The fraction of sp³-hybridized carbons (Fsp3) is 0.435. The van der Waals surface area contributed by atoms with Gasteiger partial charge in [0.15, 0.2) is 0 Å². The molecule has 0 radical (unpaired) electrons. The molecule has 5 heteroatoms. The van der Waals surface area contributed by atoms with Gasteiger partial charge in [0.2, 0.25) is 0 Å². The van der Waals surface area contributed by atoms with Crippen LogP contribution in [0.3, 0.4) is 0 Å². The molecule has 3 aromatic rings. The summed E-state index contributed by atoms with van der Waals surface area (Å²) in [6.45, 7) is 7.19. The number of aryl methyl sites for hydroxylation is 3. The maximum absolute atomic E-state index is 13.6. The molecular weight excluding hydrogens is 348 g/mol. The highest BCUT2D eigenvalue weighted by molar-refractivity contribution is 6.08. The Hall–Kier alpha value is -2.69. The van der Waals surface area contributed by atoms with Gasteiger partial charge < -0.3 is 4.90 Å². The van der Waals surface area contributed by atoms with Crippen LogP contribution in [0.15, 0.2) is 30.6 Å². The number of amides is 1. The molecule has 1 amide bonds. The number of hydrogen-bond donors (Lipinski definition) is 0. The molecule has 5 nitrogen and oxygen atoms in total. The summed E-state index contributed by atoms with van der Waals surface area (Å²) >= 11 is 0. The first-order valence-corrected chi connectivity index (χ1v) is 10.2. The summed E-state index contributed by atoms with van der Waals surface area (Å²) in [4.78, 5) is 20.7. The third-order valence-corrected chi connectivity index (χ3v) is 6.10. The Labute approximate surface area is 166 Å². The Morgan fingerprint density at radius 3 is 2.79 bits per heavy atom. The van der Waals surface area contributed by atoms with E-state index in [4.69, 9.17) is 4.98 Å². The Morgan fingerprint density at radius 1 is 1.25 bits per heavy atom. The van der Waals surface area contributed by atoms with Crippen LogP contribution in [0.1, 0.15) is 54.1 Å². The van der Waals surface area contributed by atoms with Crippen molar-refractivity contribution in [3.05, 3.63) is 47.3 Å². The molecule has 0 aliphatic carbocycles. The van der Waals surface area contributed by atoms with Gasteiger partial charge >= 0.3 is 0 Å². The van der Waals surface area contributed by atoms with Gasteiger partial charge in [0.05, 0.1) is 23.0 Å². The number of benzene rings is 1. The van der Waals surface area contributed by atoms with Crippen LogP contribution in [0.4, 0.5) is 0 Å². The number of carbonyl (C=O) groups excluding carboxylic acids is 1. The summed E-state index contributed by atoms with van der Waals surface area (Å²) in [6, 6.07) is 6.43. The van der Waals surface area contributed by atoms with Crippen molar-refractivity contribution in [3.63, 3.8) is 0 Å². The van der Waals surface area contributed by atoms with Gasteiger partial charge in [-0.15, -0.1) is 0 Å². The van der Waals surface area contributed by atoms with Gasteiger partial charge in [0, 0.05) is 36.8 Å². The molecule has 0 N–H and O–H groups in total. The van der Waals surface area contributed by atoms with Gasteiger partial charge in [-0.2, -0.15) is 5.10 Å². The SMILES string of the molecule is CC[C@H]1CCCCN1C(=O)c1cc(-c2cnn(C)c2)nc2c(C)c(C)ccc12. The molecule has 0 unspecified atom stereocenters. The Morgan fingerprint density at radius 2 is 2.07 bits per heavy atom. The van der Waals surface area contributed by atoms with E-state index < -0.39 is 0 Å². The normalized spacial score (nSPS) is 17.3. The summed E-state index contributed by atoms with van der Waals surface area (Å²) in [7, 11) is 1.89. The summed E-state index contributed by atoms with van der Waals surface area (Å²) in [5.74, 6) is 0.132. The number of pyridine rings is 1. The van der Waals surface area contributed by atoms with Gasteiger partial charge in [0.1, 0.15) is 0 Å². The van der Waals surface area contributed by atoms with E-state index in [1.807, 2.05) is 25.5 Å². The highest BCUT2D eigenvalue weighted by Crippen LogP contribution is 2.30. The van der Waals surface area contributed by atoms with Gasteiger partial charge in [-0.05, 0) is 56.7 Å². The number of piperidine rings is 1. The van der Waals surface area contributed by atoms with Crippen LogP contribution in [0, 0.1) is 13.8 Å². The summed E-state index contributed by atoms with van der Waals surface area (Å²) in [5, 5.41) is 5.23. The van der Waals surface area contributed by atoms with Crippen molar-refractivity contribution in [3.8, 4) is 11.3 Å². The Kier molecular flexibility index (Phi) is 4.92. The molecule has 1 aromatic carbocycles. The van der Waals surface area contributed by atoms with Crippen LogP contribution < -0.4 is 0 Å². The maximum atomic E-state index is 13.6. The van der Waals surface area contributed by atoms with Gasteiger partial charge in [-0.3, -0.25) is 9.48 Å². The van der Waals surface area contributed by atoms with Gasteiger partial charge in [-0.1, -0.05) is 19.1 Å². The molecule has 1 aliphatic heterocycles. The van der Waals surface area contributed by atoms with Crippen LogP contribution in [0.2, 0.25) is 0 Å². The van der Waals surface area contributed by atoms with E-state index in [2.05, 4.69) is 42.9 Å². The fourth-order valence-electron chi connectivity index (χ4n) is 4.26. The number of likely N-dealkylation sites (tertiary alicyclic amines) is 1. The molecule has 1 aliphatic rings. The lowest BCUT2D eigenvalue weighted by Crippen LogP contribution is -2.43. The zero-order valence-electron chi connectivity index (χ0n) is 17.2. The van der Waals surface area contributed by atoms with Crippen LogP contribution in [-0.4, -0.2) is 38.2 Å². The van der Waals surface area contributed by atoms with Crippen molar-refractivity contribution in [1.29, 1.82) is 0 Å². The monoisotopic (exact) mass is 376 g/mol. The predicted octanol–water partition coefficient (Wildman–Crippen LogP) is 4.66. The number of fused-ring (bicyclic) bond motifs is 1. The average molecular weight is 377 g/mol. The number of hydrogen-bond acceptors (Lipinski definition) is 3. The smallest absolute Gasteiger partial charge is 0.254 e. The number of nitrogens with zero attached hydrogens (tertiary/aromatic N) is 4. The second-order valence-corrected chi connectivity index (χ2v) is 7.92. The van der Waals surface area contributed by atoms with Crippen molar-refractivity contribution < 1.29 is 4.79 Å². The number of carbonyl (C=O) groups is 1. The average Bonchev–Trinajstić information content (AvgIpc) is 3.16. The highest BCUT2D eigenvalue weighted by atomic mass is 16.2. The molecule has 4 rings (SSSR count). The zero-order chi connectivity index (χ0) is 19.8.